The third kappa shape index (κ3) is 3.39. The third-order valence-corrected chi connectivity index (χ3v) is 5.67. The molecule has 1 aliphatic heterocycles. The number of amides is 3. The molecule has 1 fully saturated rings. The monoisotopic (exact) mass is 336 g/mol. The quantitative estimate of drug-likeness (QED) is 0.853. The number of imide groups is 1. The first-order chi connectivity index (χ1) is 11.1. The summed E-state index contributed by atoms with van der Waals surface area (Å²) >= 11 is 1.46. The molecule has 1 aromatic heterocycles. The molecular weight excluding hydrogens is 316 g/mol. The van der Waals surface area contributed by atoms with E-state index in [0.29, 0.717) is 23.9 Å². The summed E-state index contributed by atoms with van der Waals surface area (Å²) in [5, 5.41) is 2.54. The van der Waals surface area contributed by atoms with E-state index in [1.807, 2.05) is 6.07 Å². The molecule has 0 saturated carbocycles. The lowest BCUT2D eigenvalue weighted by molar-refractivity contribution is -0.130. The number of thiophene rings is 1. The molecule has 0 bridgehead atoms. The van der Waals surface area contributed by atoms with Gasteiger partial charge in [-0.2, -0.15) is 0 Å². The van der Waals surface area contributed by atoms with E-state index < -0.39 is 24.5 Å². The molecule has 0 aromatic carbocycles. The van der Waals surface area contributed by atoms with E-state index in [1.165, 1.54) is 28.2 Å². The second-order valence-electron chi connectivity index (χ2n) is 5.93. The van der Waals surface area contributed by atoms with Gasteiger partial charge in [0.05, 0.1) is 0 Å². The number of hydrogen-bond donors (Lipinski definition) is 1. The first-order valence-corrected chi connectivity index (χ1v) is 8.77. The predicted octanol–water partition coefficient (Wildman–Crippen LogP) is 1.97. The molecule has 7 heteroatoms. The van der Waals surface area contributed by atoms with Gasteiger partial charge in [0.25, 0.3) is 5.91 Å². The maximum absolute atomic E-state index is 12.1. The molecule has 0 unspecified atom stereocenters. The fraction of sp³-hybridized carbons (Fsp3) is 0.562. The molecule has 1 aliphatic carbocycles. The summed E-state index contributed by atoms with van der Waals surface area (Å²) in [7, 11) is 0. The van der Waals surface area contributed by atoms with Crippen molar-refractivity contribution in [2.75, 3.05) is 19.7 Å². The molecule has 0 spiro atoms. The van der Waals surface area contributed by atoms with E-state index in [4.69, 9.17) is 4.74 Å². The normalized spacial score (nSPS) is 20.1. The average molecular weight is 336 g/mol. The lowest BCUT2D eigenvalue weighted by Crippen LogP contribution is -2.37. The van der Waals surface area contributed by atoms with Crippen LogP contribution in [0, 0.1) is 5.92 Å². The number of esters is 1. The standard InChI is InChI=1S/C16H20N2O4S/c1-2-10-3-4-12-11(7-10)8-13(23-12)15(20)22-9-14(19)18-6-5-17-16(18)21/h8,10H,2-7,9H2,1H3,(H,17,21)/t10-/m0/s1. The Bertz CT molecular complexity index is 640. The van der Waals surface area contributed by atoms with Gasteiger partial charge in [-0.15, -0.1) is 11.3 Å². The minimum absolute atomic E-state index is 0.320. The number of rotatable bonds is 4. The molecule has 0 radical (unpaired) electrons. The fourth-order valence-corrected chi connectivity index (χ4v) is 4.14. The van der Waals surface area contributed by atoms with Crippen LogP contribution in [-0.2, 0) is 22.4 Å². The summed E-state index contributed by atoms with van der Waals surface area (Å²) in [4.78, 5) is 38.2. The second-order valence-corrected chi connectivity index (χ2v) is 7.07. The lowest BCUT2D eigenvalue weighted by atomic mass is 9.87. The minimum atomic E-state index is -0.485. The molecule has 2 heterocycles. The number of carbonyl (C=O) groups is 3. The third-order valence-electron chi connectivity index (χ3n) is 4.45. The van der Waals surface area contributed by atoms with Crippen molar-refractivity contribution in [1.82, 2.24) is 10.2 Å². The molecule has 1 aromatic rings. The molecule has 124 valence electrons. The molecular formula is C16H20N2O4S. The number of aryl methyl sites for hydroxylation is 1. The summed E-state index contributed by atoms with van der Waals surface area (Å²) in [6.45, 7) is 2.55. The zero-order chi connectivity index (χ0) is 16.4. The molecule has 3 rings (SSSR count). The van der Waals surface area contributed by atoms with Gasteiger partial charge in [0.15, 0.2) is 6.61 Å². The first-order valence-electron chi connectivity index (χ1n) is 7.95. The van der Waals surface area contributed by atoms with Crippen molar-refractivity contribution < 1.29 is 19.1 Å². The number of hydrogen-bond acceptors (Lipinski definition) is 5. The summed E-state index contributed by atoms with van der Waals surface area (Å²) in [6.07, 6.45) is 4.35. The SMILES string of the molecule is CC[C@H]1CCc2sc(C(=O)OCC(=O)N3CCNC3=O)cc2C1. The summed E-state index contributed by atoms with van der Waals surface area (Å²) in [5.74, 6) is -0.276. The molecule has 1 saturated heterocycles. The van der Waals surface area contributed by atoms with Crippen molar-refractivity contribution in [3.8, 4) is 0 Å². The maximum Gasteiger partial charge on any atom is 0.348 e. The van der Waals surface area contributed by atoms with Crippen LogP contribution >= 0.6 is 11.3 Å². The van der Waals surface area contributed by atoms with E-state index in [9.17, 15) is 14.4 Å². The average Bonchev–Trinajstić information content (AvgIpc) is 3.17. The second kappa shape index (κ2) is 6.70. The Morgan fingerprint density at radius 2 is 2.30 bits per heavy atom. The summed E-state index contributed by atoms with van der Waals surface area (Å²) in [6, 6.07) is 1.47. The van der Waals surface area contributed by atoms with Gasteiger partial charge in [-0.05, 0) is 36.8 Å². The van der Waals surface area contributed by atoms with Crippen molar-refractivity contribution in [3.05, 3.63) is 21.4 Å². The molecule has 6 nitrogen and oxygen atoms in total. The van der Waals surface area contributed by atoms with Crippen molar-refractivity contribution in [2.45, 2.75) is 32.6 Å². The minimum Gasteiger partial charge on any atom is -0.451 e. The maximum atomic E-state index is 12.1. The van der Waals surface area contributed by atoms with E-state index in [0.717, 1.165) is 24.2 Å². The van der Waals surface area contributed by atoms with Gasteiger partial charge in [0, 0.05) is 18.0 Å². The Morgan fingerprint density at radius 1 is 1.48 bits per heavy atom. The molecule has 3 amide bonds. The zero-order valence-electron chi connectivity index (χ0n) is 13.1. The van der Waals surface area contributed by atoms with Crippen molar-refractivity contribution in [3.63, 3.8) is 0 Å². The number of carbonyl (C=O) groups excluding carboxylic acids is 3. The van der Waals surface area contributed by atoms with E-state index in [2.05, 4.69) is 12.2 Å². The highest BCUT2D eigenvalue weighted by Crippen LogP contribution is 2.33. The largest absolute Gasteiger partial charge is 0.451 e. The van der Waals surface area contributed by atoms with Gasteiger partial charge in [-0.1, -0.05) is 13.3 Å². The van der Waals surface area contributed by atoms with Crippen LogP contribution in [0.1, 0.15) is 39.9 Å². The zero-order valence-corrected chi connectivity index (χ0v) is 13.9. The Balaban J connectivity index is 1.58. The number of ether oxygens (including phenoxy) is 1. The number of nitrogens with one attached hydrogen (secondary N) is 1. The Morgan fingerprint density at radius 3 is 3.00 bits per heavy atom. The van der Waals surface area contributed by atoms with Gasteiger partial charge in [0.1, 0.15) is 4.88 Å². The van der Waals surface area contributed by atoms with Crippen LogP contribution < -0.4 is 5.32 Å². The Hall–Kier alpha value is -1.89. The highest BCUT2D eigenvalue weighted by Gasteiger charge is 2.28. The lowest BCUT2D eigenvalue weighted by Gasteiger charge is -2.19. The highest BCUT2D eigenvalue weighted by atomic mass is 32.1. The van der Waals surface area contributed by atoms with E-state index in [1.54, 1.807) is 0 Å². The van der Waals surface area contributed by atoms with Crippen molar-refractivity contribution in [1.29, 1.82) is 0 Å². The van der Waals surface area contributed by atoms with Gasteiger partial charge in [-0.3, -0.25) is 9.69 Å². The topological polar surface area (TPSA) is 75.7 Å². The Kier molecular flexibility index (Phi) is 4.66. The molecule has 23 heavy (non-hydrogen) atoms. The summed E-state index contributed by atoms with van der Waals surface area (Å²) < 4.78 is 5.08. The number of urea groups is 1. The number of nitrogens with zero attached hydrogens (tertiary/aromatic N) is 1. The van der Waals surface area contributed by atoms with Crippen LogP contribution in [0.3, 0.4) is 0 Å². The van der Waals surface area contributed by atoms with Gasteiger partial charge < -0.3 is 10.1 Å². The van der Waals surface area contributed by atoms with Crippen LogP contribution in [0.25, 0.3) is 0 Å². The van der Waals surface area contributed by atoms with Gasteiger partial charge in [0.2, 0.25) is 0 Å². The predicted molar refractivity (Wildman–Crippen MR) is 85.5 cm³/mol. The van der Waals surface area contributed by atoms with Crippen molar-refractivity contribution >= 4 is 29.2 Å². The first kappa shape index (κ1) is 16.0. The van der Waals surface area contributed by atoms with Crippen molar-refractivity contribution in [2.24, 2.45) is 5.92 Å². The molecule has 2 aliphatic rings. The van der Waals surface area contributed by atoms with Gasteiger partial charge >= 0.3 is 12.0 Å². The Labute approximate surface area is 138 Å². The van der Waals surface area contributed by atoms with Crippen LogP contribution in [0.5, 0.6) is 0 Å². The molecule has 1 N–H and O–H groups in total. The van der Waals surface area contributed by atoms with E-state index in [-0.39, 0.29) is 0 Å². The van der Waals surface area contributed by atoms with E-state index >= 15 is 0 Å². The summed E-state index contributed by atoms with van der Waals surface area (Å²) in [5.41, 5.74) is 1.24. The number of fused-ring (bicyclic) bond motifs is 1. The van der Waals surface area contributed by atoms with Gasteiger partial charge in [-0.25, -0.2) is 9.59 Å². The van der Waals surface area contributed by atoms with Crippen LogP contribution in [0.4, 0.5) is 4.79 Å². The smallest absolute Gasteiger partial charge is 0.348 e. The van der Waals surface area contributed by atoms with Crippen LogP contribution in [0.15, 0.2) is 6.07 Å². The molecule has 1 atom stereocenters. The highest BCUT2D eigenvalue weighted by molar-refractivity contribution is 7.14. The fourth-order valence-electron chi connectivity index (χ4n) is 3.03. The van der Waals surface area contributed by atoms with Crippen LogP contribution in [0.2, 0.25) is 0 Å². The van der Waals surface area contributed by atoms with Crippen LogP contribution in [-0.4, -0.2) is 42.5 Å².